The van der Waals surface area contributed by atoms with Crippen molar-refractivity contribution in [2.24, 2.45) is 0 Å². The molecule has 4 rings (SSSR count). The van der Waals surface area contributed by atoms with Gasteiger partial charge in [-0.05, 0) is 43.0 Å². The smallest absolute Gasteiger partial charge is 0.278 e. The molecule has 0 radical (unpaired) electrons. The van der Waals surface area contributed by atoms with Crippen LogP contribution in [0.5, 0.6) is 11.5 Å². The second kappa shape index (κ2) is 7.34. The fraction of sp³-hybridized carbons (Fsp3) is 0.286. The van der Waals surface area contributed by atoms with Gasteiger partial charge in [-0.3, -0.25) is 4.79 Å². The van der Waals surface area contributed by atoms with Gasteiger partial charge in [0.05, 0.1) is 12.2 Å². The zero-order chi connectivity index (χ0) is 19.7. The molecule has 0 bridgehead atoms. The summed E-state index contributed by atoms with van der Waals surface area (Å²) in [4.78, 5) is 12.7. The van der Waals surface area contributed by atoms with E-state index in [0.717, 1.165) is 23.2 Å². The van der Waals surface area contributed by atoms with E-state index in [1.165, 1.54) is 5.56 Å². The highest BCUT2D eigenvalue weighted by atomic mass is 16.7. The number of aryl methyl sites for hydroxylation is 2. The standard InChI is InChI=1S/C21H22N4O3/c1-4-15-5-7-16(8-6-15)11-25-14(3)20(23-24-25)21(26)22-17-10-19-18(9-13(17)2)27-12-28-19/h5-10H,4,11-12H2,1-3H3,(H,22,26). The van der Waals surface area contributed by atoms with Gasteiger partial charge in [-0.25, -0.2) is 4.68 Å². The van der Waals surface area contributed by atoms with E-state index in [2.05, 4.69) is 46.8 Å². The normalized spacial score (nSPS) is 12.2. The molecule has 7 heteroatoms. The van der Waals surface area contributed by atoms with E-state index in [1.807, 2.05) is 19.9 Å². The van der Waals surface area contributed by atoms with Crippen molar-refractivity contribution in [2.75, 3.05) is 12.1 Å². The number of hydrogen-bond donors (Lipinski definition) is 1. The minimum atomic E-state index is -0.299. The van der Waals surface area contributed by atoms with Crippen LogP contribution in [0.3, 0.4) is 0 Å². The number of rotatable bonds is 5. The van der Waals surface area contributed by atoms with Crippen LogP contribution >= 0.6 is 0 Å². The van der Waals surface area contributed by atoms with E-state index in [0.29, 0.717) is 29.4 Å². The largest absolute Gasteiger partial charge is 0.454 e. The zero-order valence-electron chi connectivity index (χ0n) is 16.2. The Morgan fingerprint density at radius 1 is 1.11 bits per heavy atom. The van der Waals surface area contributed by atoms with Gasteiger partial charge >= 0.3 is 0 Å². The molecule has 0 saturated heterocycles. The topological polar surface area (TPSA) is 78.3 Å². The number of hydrogen-bond acceptors (Lipinski definition) is 5. The lowest BCUT2D eigenvalue weighted by molar-refractivity contribution is 0.102. The molecular weight excluding hydrogens is 356 g/mol. The number of amides is 1. The van der Waals surface area contributed by atoms with Crippen molar-refractivity contribution in [3.63, 3.8) is 0 Å². The molecule has 1 amide bonds. The summed E-state index contributed by atoms with van der Waals surface area (Å²) in [6.07, 6.45) is 1.01. The first-order valence-corrected chi connectivity index (χ1v) is 9.24. The number of carbonyl (C=O) groups is 1. The molecule has 3 aromatic rings. The van der Waals surface area contributed by atoms with E-state index < -0.39 is 0 Å². The number of anilines is 1. The number of ether oxygens (including phenoxy) is 2. The Morgan fingerprint density at radius 3 is 2.50 bits per heavy atom. The Morgan fingerprint density at radius 2 is 1.79 bits per heavy atom. The Bertz CT molecular complexity index is 1020. The Hall–Kier alpha value is -3.35. The van der Waals surface area contributed by atoms with Crippen LogP contribution in [0.2, 0.25) is 0 Å². The first kappa shape index (κ1) is 18.0. The molecule has 0 saturated carbocycles. The van der Waals surface area contributed by atoms with Gasteiger partial charge in [0.15, 0.2) is 17.2 Å². The van der Waals surface area contributed by atoms with Gasteiger partial charge in [-0.2, -0.15) is 0 Å². The maximum Gasteiger partial charge on any atom is 0.278 e. The summed E-state index contributed by atoms with van der Waals surface area (Å²) in [5.41, 5.74) is 4.98. The number of benzene rings is 2. The van der Waals surface area contributed by atoms with Crippen LogP contribution in [0.1, 0.15) is 39.8 Å². The van der Waals surface area contributed by atoms with Gasteiger partial charge in [0, 0.05) is 11.8 Å². The first-order valence-electron chi connectivity index (χ1n) is 9.24. The summed E-state index contributed by atoms with van der Waals surface area (Å²) < 4.78 is 12.5. The van der Waals surface area contributed by atoms with E-state index in [-0.39, 0.29) is 12.7 Å². The van der Waals surface area contributed by atoms with E-state index in [1.54, 1.807) is 10.7 Å². The molecule has 1 aliphatic rings. The lowest BCUT2D eigenvalue weighted by Gasteiger charge is -2.09. The third-order valence-electron chi connectivity index (χ3n) is 4.93. The molecule has 1 aliphatic heterocycles. The SMILES string of the molecule is CCc1ccc(Cn2nnc(C(=O)Nc3cc4c(cc3C)OCO4)c2C)cc1. The van der Waals surface area contributed by atoms with Gasteiger partial charge in [0.1, 0.15) is 0 Å². The highest BCUT2D eigenvalue weighted by Crippen LogP contribution is 2.36. The van der Waals surface area contributed by atoms with Crippen LogP contribution in [0, 0.1) is 13.8 Å². The van der Waals surface area contributed by atoms with Gasteiger partial charge < -0.3 is 14.8 Å². The molecule has 7 nitrogen and oxygen atoms in total. The van der Waals surface area contributed by atoms with Crippen LogP contribution in [0.4, 0.5) is 5.69 Å². The quantitative estimate of drug-likeness (QED) is 0.735. The Balaban J connectivity index is 1.51. The minimum absolute atomic E-state index is 0.193. The molecule has 1 N–H and O–H groups in total. The van der Waals surface area contributed by atoms with Crippen molar-refractivity contribution in [3.8, 4) is 11.5 Å². The van der Waals surface area contributed by atoms with Crippen molar-refractivity contribution in [1.82, 2.24) is 15.0 Å². The highest BCUT2D eigenvalue weighted by Gasteiger charge is 2.20. The lowest BCUT2D eigenvalue weighted by atomic mass is 10.1. The fourth-order valence-electron chi connectivity index (χ4n) is 3.13. The molecule has 2 aromatic carbocycles. The summed E-state index contributed by atoms with van der Waals surface area (Å²) in [5, 5.41) is 11.1. The molecular formula is C21H22N4O3. The maximum atomic E-state index is 12.7. The third-order valence-corrected chi connectivity index (χ3v) is 4.93. The first-order chi connectivity index (χ1) is 13.5. The van der Waals surface area contributed by atoms with Crippen LogP contribution < -0.4 is 14.8 Å². The Labute approximate surface area is 163 Å². The molecule has 0 unspecified atom stereocenters. The highest BCUT2D eigenvalue weighted by molar-refractivity contribution is 6.04. The maximum absolute atomic E-state index is 12.7. The number of nitrogens with one attached hydrogen (secondary N) is 1. The predicted octanol–water partition coefficient (Wildman–Crippen LogP) is 3.49. The Kier molecular flexibility index (Phi) is 4.73. The van der Waals surface area contributed by atoms with Gasteiger partial charge in [-0.15, -0.1) is 5.10 Å². The second-order valence-electron chi connectivity index (χ2n) is 6.83. The predicted molar refractivity (Wildman–Crippen MR) is 105 cm³/mol. The molecule has 1 aromatic heterocycles. The minimum Gasteiger partial charge on any atom is -0.454 e. The van der Waals surface area contributed by atoms with E-state index in [9.17, 15) is 4.79 Å². The molecule has 0 atom stereocenters. The monoisotopic (exact) mass is 378 g/mol. The van der Waals surface area contributed by atoms with Crippen molar-refractivity contribution in [2.45, 2.75) is 33.7 Å². The average molecular weight is 378 g/mol. The van der Waals surface area contributed by atoms with Crippen molar-refractivity contribution >= 4 is 11.6 Å². The van der Waals surface area contributed by atoms with Crippen molar-refractivity contribution in [3.05, 3.63) is 64.5 Å². The number of fused-ring (bicyclic) bond motifs is 1. The van der Waals surface area contributed by atoms with E-state index >= 15 is 0 Å². The molecule has 0 fully saturated rings. The van der Waals surface area contributed by atoms with Gasteiger partial charge in [0.2, 0.25) is 6.79 Å². The van der Waals surface area contributed by atoms with Crippen LogP contribution in [-0.2, 0) is 13.0 Å². The van der Waals surface area contributed by atoms with Gasteiger partial charge in [0.25, 0.3) is 5.91 Å². The van der Waals surface area contributed by atoms with Crippen LogP contribution in [-0.4, -0.2) is 27.7 Å². The number of carbonyl (C=O) groups excluding carboxylic acids is 1. The van der Waals surface area contributed by atoms with Crippen molar-refractivity contribution < 1.29 is 14.3 Å². The lowest BCUT2D eigenvalue weighted by Crippen LogP contribution is -2.15. The summed E-state index contributed by atoms with van der Waals surface area (Å²) in [6.45, 7) is 6.64. The summed E-state index contributed by atoms with van der Waals surface area (Å²) in [5.74, 6) is 1.01. The fourth-order valence-corrected chi connectivity index (χ4v) is 3.13. The summed E-state index contributed by atoms with van der Waals surface area (Å²) in [6, 6.07) is 12.0. The molecule has 144 valence electrons. The molecule has 0 aliphatic carbocycles. The molecule has 28 heavy (non-hydrogen) atoms. The second-order valence-corrected chi connectivity index (χ2v) is 6.83. The van der Waals surface area contributed by atoms with Crippen LogP contribution in [0.25, 0.3) is 0 Å². The molecule has 2 heterocycles. The number of nitrogens with zero attached hydrogens (tertiary/aromatic N) is 3. The summed E-state index contributed by atoms with van der Waals surface area (Å²) >= 11 is 0. The van der Waals surface area contributed by atoms with Crippen molar-refractivity contribution in [1.29, 1.82) is 0 Å². The average Bonchev–Trinajstić information content (AvgIpc) is 3.29. The number of aromatic nitrogens is 3. The molecule has 0 spiro atoms. The third kappa shape index (κ3) is 3.43. The zero-order valence-corrected chi connectivity index (χ0v) is 16.2. The van der Waals surface area contributed by atoms with Gasteiger partial charge in [-0.1, -0.05) is 36.4 Å². The van der Waals surface area contributed by atoms with E-state index in [4.69, 9.17) is 9.47 Å². The summed E-state index contributed by atoms with van der Waals surface area (Å²) in [7, 11) is 0. The van der Waals surface area contributed by atoms with Crippen LogP contribution in [0.15, 0.2) is 36.4 Å².